The molecule has 0 saturated carbocycles. The van der Waals surface area contributed by atoms with Gasteiger partial charge in [0.25, 0.3) is 0 Å². The summed E-state index contributed by atoms with van der Waals surface area (Å²) >= 11 is 0. The zero-order chi connectivity index (χ0) is 17.8. The molecule has 0 bridgehead atoms. The van der Waals surface area contributed by atoms with E-state index in [1.165, 1.54) is 0 Å². The van der Waals surface area contributed by atoms with Crippen LogP contribution in [0.5, 0.6) is 0 Å². The van der Waals surface area contributed by atoms with E-state index in [1.54, 1.807) is 5.48 Å². The van der Waals surface area contributed by atoms with Gasteiger partial charge in [-0.25, -0.2) is 8.60 Å². The normalized spacial score (nSPS) is 19.9. The molecule has 13 heteroatoms. The van der Waals surface area contributed by atoms with E-state index in [2.05, 4.69) is 15.0 Å². The van der Waals surface area contributed by atoms with Crippen LogP contribution in [0.2, 0.25) is 0 Å². The summed E-state index contributed by atoms with van der Waals surface area (Å²) in [5, 5.41) is -0.0632. The summed E-state index contributed by atoms with van der Waals surface area (Å²) in [6.07, 6.45) is -5.25. The minimum absolute atomic E-state index is 0.260. The molecule has 23 heavy (non-hydrogen) atoms. The molecule has 0 radical (unpaired) electrons. The maximum atomic E-state index is 14.2. The van der Waals surface area contributed by atoms with Crippen molar-refractivity contribution < 1.29 is 35.4 Å². The molecule has 2 heterocycles. The van der Waals surface area contributed by atoms with Crippen molar-refractivity contribution in [1.82, 2.24) is 20.5 Å². The highest BCUT2D eigenvalue weighted by Crippen LogP contribution is 2.43. The van der Waals surface area contributed by atoms with Crippen molar-refractivity contribution in [1.29, 1.82) is 0 Å². The predicted molar refractivity (Wildman–Crippen MR) is 64.5 cm³/mol. The lowest BCUT2D eigenvalue weighted by atomic mass is 10.1. The second-order valence-corrected chi connectivity index (χ2v) is 6.49. The molecular formula is C10H10F6N4O2S. The third kappa shape index (κ3) is 2.94. The highest BCUT2D eigenvalue weighted by molar-refractivity contribution is 7.89. The second-order valence-electron chi connectivity index (χ2n) is 5.03. The first-order valence-electron chi connectivity index (χ1n) is 5.91. The summed E-state index contributed by atoms with van der Waals surface area (Å²) in [5.74, 6) is -1.31. The summed E-state index contributed by atoms with van der Waals surface area (Å²) in [4.78, 5) is 4.89. The molecule has 1 unspecified atom stereocenters. The molecular weight excluding hydrogens is 354 g/mol. The monoisotopic (exact) mass is 364 g/mol. The Labute approximate surface area is 127 Å². The van der Waals surface area contributed by atoms with Gasteiger partial charge >= 0.3 is 11.4 Å². The van der Waals surface area contributed by atoms with Gasteiger partial charge in [0.1, 0.15) is 5.60 Å². The first-order valence-corrected chi connectivity index (χ1v) is 7.06. The van der Waals surface area contributed by atoms with Crippen LogP contribution >= 0.6 is 0 Å². The van der Waals surface area contributed by atoms with E-state index >= 15 is 0 Å². The fraction of sp³-hybridized carbons (Fsp3) is 0.600. The molecule has 1 N–H and O–H groups in total. The predicted octanol–water partition coefficient (Wildman–Crippen LogP) is 2.08. The van der Waals surface area contributed by atoms with Crippen LogP contribution in [0.4, 0.5) is 26.3 Å². The number of halogens is 6. The van der Waals surface area contributed by atoms with Gasteiger partial charge in [-0.05, 0) is 13.8 Å². The maximum Gasteiger partial charge on any atom is 0.437 e. The molecule has 0 amide bonds. The number of nitrogens with one attached hydrogen (secondary N) is 1. The molecule has 130 valence electrons. The molecule has 1 aliphatic rings. The highest BCUT2D eigenvalue weighted by atomic mass is 32.2. The summed E-state index contributed by atoms with van der Waals surface area (Å²) < 4.78 is 92.5. The molecule has 1 aliphatic heterocycles. The van der Waals surface area contributed by atoms with Gasteiger partial charge < -0.3 is 0 Å². The molecule has 2 rings (SSSR count). The van der Waals surface area contributed by atoms with Gasteiger partial charge in [-0.15, -0.1) is 5.10 Å². The summed E-state index contributed by atoms with van der Waals surface area (Å²) in [5.41, 5.74) is -3.82. The number of hydroxylamine groups is 1. The van der Waals surface area contributed by atoms with Crippen LogP contribution in [0, 0.1) is 0 Å². The Morgan fingerprint density at radius 3 is 2.13 bits per heavy atom. The van der Waals surface area contributed by atoms with Crippen LogP contribution in [-0.4, -0.2) is 24.8 Å². The first kappa shape index (κ1) is 17.7. The van der Waals surface area contributed by atoms with Crippen LogP contribution in [0.1, 0.15) is 25.2 Å². The van der Waals surface area contributed by atoms with Crippen molar-refractivity contribution >= 4 is 10.8 Å². The molecule has 1 aromatic heterocycles. The van der Waals surface area contributed by atoms with Gasteiger partial charge in [-0.3, -0.25) is 10.3 Å². The fourth-order valence-electron chi connectivity index (χ4n) is 1.67. The molecule has 1 atom stereocenters. The van der Waals surface area contributed by atoms with Crippen molar-refractivity contribution in [3.63, 3.8) is 0 Å². The van der Waals surface area contributed by atoms with Gasteiger partial charge in [0, 0.05) is 7.05 Å². The van der Waals surface area contributed by atoms with Crippen LogP contribution in [0.25, 0.3) is 0 Å². The van der Waals surface area contributed by atoms with E-state index in [0.29, 0.717) is 0 Å². The Morgan fingerprint density at radius 1 is 1.17 bits per heavy atom. The van der Waals surface area contributed by atoms with Gasteiger partial charge in [0.2, 0.25) is 0 Å². The van der Waals surface area contributed by atoms with E-state index in [0.717, 1.165) is 20.9 Å². The largest absolute Gasteiger partial charge is 0.437 e. The molecule has 0 aliphatic carbocycles. The molecule has 0 spiro atoms. The van der Waals surface area contributed by atoms with Crippen LogP contribution in [-0.2, 0) is 34.1 Å². The topological polar surface area (TPSA) is 69.0 Å². The third-order valence-corrected chi connectivity index (χ3v) is 4.10. The number of nitrogens with zero attached hydrogens (tertiary/aromatic N) is 3. The standard InChI is InChI=1S/C10H10F6N4O2S/c1-8(2)4(11)7(19-22-8)23(21)10(15,16)6-5(9(12,13)14)17-20(3)18-6/h19H,1-3H3. The lowest BCUT2D eigenvalue weighted by Gasteiger charge is -2.15. The minimum Gasteiger partial charge on any atom is -0.262 e. The maximum absolute atomic E-state index is 14.2. The van der Waals surface area contributed by atoms with Crippen LogP contribution in [0.3, 0.4) is 0 Å². The zero-order valence-electron chi connectivity index (χ0n) is 11.8. The number of aromatic nitrogens is 3. The summed E-state index contributed by atoms with van der Waals surface area (Å²) in [7, 11) is -2.66. The summed E-state index contributed by atoms with van der Waals surface area (Å²) in [6, 6.07) is 0. The van der Waals surface area contributed by atoms with Crippen molar-refractivity contribution in [3.05, 3.63) is 22.2 Å². The number of hydrogen-bond acceptors (Lipinski definition) is 5. The number of rotatable bonds is 3. The lowest BCUT2D eigenvalue weighted by Crippen LogP contribution is -2.29. The average molecular weight is 364 g/mol. The van der Waals surface area contributed by atoms with Gasteiger partial charge in [-0.1, -0.05) is 0 Å². The van der Waals surface area contributed by atoms with E-state index in [9.17, 15) is 30.6 Å². The molecule has 6 nitrogen and oxygen atoms in total. The Balaban J connectivity index is 2.52. The van der Waals surface area contributed by atoms with E-state index in [4.69, 9.17) is 0 Å². The minimum atomic E-state index is -5.25. The SMILES string of the molecule is Cn1nc(C(F)(F)F)c(C(F)(F)S(=O)C2=C(F)C(C)(C)ON2)n1. The van der Waals surface area contributed by atoms with Crippen LogP contribution < -0.4 is 5.48 Å². The van der Waals surface area contributed by atoms with Crippen molar-refractivity contribution in [2.24, 2.45) is 7.05 Å². The van der Waals surface area contributed by atoms with Gasteiger partial charge in [0.05, 0.1) is 0 Å². The Bertz CT molecular complexity index is 696. The van der Waals surface area contributed by atoms with Gasteiger partial charge in [-0.2, -0.15) is 31.8 Å². The van der Waals surface area contributed by atoms with Crippen molar-refractivity contribution in [2.45, 2.75) is 30.9 Å². The first-order chi connectivity index (χ1) is 10.3. The van der Waals surface area contributed by atoms with Crippen molar-refractivity contribution in [2.75, 3.05) is 0 Å². The molecule has 0 fully saturated rings. The van der Waals surface area contributed by atoms with Gasteiger partial charge in [0.15, 0.2) is 33.0 Å². The van der Waals surface area contributed by atoms with E-state index in [-0.39, 0.29) is 4.80 Å². The Kier molecular flexibility index (Phi) is 4.00. The van der Waals surface area contributed by atoms with Crippen molar-refractivity contribution in [3.8, 4) is 0 Å². The molecule has 0 saturated heterocycles. The fourth-order valence-corrected chi connectivity index (χ4v) is 2.76. The second kappa shape index (κ2) is 5.19. The number of hydrogen-bond donors (Lipinski definition) is 1. The van der Waals surface area contributed by atoms with E-state index < -0.39 is 50.1 Å². The van der Waals surface area contributed by atoms with E-state index in [1.807, 2.05) is 0 Å². The quantitative estimate of drug-likeness (QED) is 0.832. The number of aryl methyl sites for hydroxylation is 1. The Hall–Kier alpha value is -1.63. The number of alkyl halides is 5. The smallest absolute Gasteiger partial charge is 0.262 e. The summed E-state index contributed by atoms with van der Waals surface area (Å²) in [6.45, 7) is 2.31. The molecule has 0 aromatic carbocycles. The third-order valence-electron chi connectivity index (χ3n) is 2.80. The lowest BCUT2D eigenvalue weighted by molar-refractivity contribution is -0.143. The zero-order valence-corrected chi connectivity index (χ0v) is 12.7. The average Bonchev–Trinajstić information content (AvgIpc) is 2.91. The Morgan fingerprint density at radius 2 is 1.70 bits per heavy atom. The molecule has 1 aromatic rings. The van der Waals surface area contributed by atoms with Crippen LogP contribution in [0.15, 0.2) is 10.9 Å². The highest BCUT2D eigenvalue weighted by Gasteiger charge is 2.54.